The van der Waals surface area contributed by atoms with Gasteiger partial charge in [-0.05, 0) is 96.3 Å². The summed E-state index contributed by atoms with van der Waals surface area (Å²) in [6, 6.07) is 0. The van der Waals surface area contributed by atoms with Gasteiger partial charge in [-0.15, -0.1) is 0 Å². The van der Waals surface area contributed by atoms with E-state index < -0.39 is 13.9 Å². The lowest BCUT2D eigenvalue weighted by atomic mass is 10.1. The fourth-order valence-electron chi connectivity index (χ4n) is 5.36. The molecule has 0 aromatic rings. The molecule has 0 aliphatic carbocycles. The number of esters is 1. The van der Waals surface area contributed by atoms with Gasteiger partial charge in [-0.1, -0.05) is 173 Å². The molecule has 0 bridgehead atoms. The van der Waals surface area contributed by atoms with Crippen molar-refractivity contribution in [3.63, 3.8) is 0 Å². The first-order chi connectivity index (χ1) is 29.4. The summed E-state index contributed by atoms with van der Waals surface area (Å²) >= 11 is 0. The van der Waals surface area contributed by atoms with E-state index in [1.807, 2.05) is 6.08 Å². The molecule has 0 aromatic carbocycles. The monoisotopic (exact) mass is 852 g/mol. The molecule has 2 unspecified atom stereocenters. The van der Waals surface area contributed by atoms with Crippen molar-refractivity contribution in [3.05, 3.63) is 134 Å². The van der Waals surface area contributed by atoms with Crippen LogP contribution in [-0.4, -0.2) is 49.9 Å². The molecule has 0 radical (unpaired) electrons. The standard InChI is InChI=1S/C51H82NO7P/c1-3-5-7-9-11-13-15-17-19-21-22-23-24-25-26-27-28-29-30-32-34-36-38-40-42-44-51(53)59-50(49-58-60(54,55)57-47-45-52)48-56-46-43-41-39-37-35-33-31-20-18-16-14-12-10-8-6-4-2/h5-8,11-14,17-20,22-23,25-26,28-29,33,35,39,41,50H,3-4,9-10,15-16,21,24,27,30-32,34,36-38,40,42-49,52H2,1-2H3,(H,54,55)/b7-5-,8-6-,13-11-,14-12-,19-17-,20-18-,23-22-,26-25-,29-28-,35-33-,41-39-. The molecule has 338 valence electrons. The Labute approximate surface area is 366 Å². The fraction of sp³-hybridized carbons (Fsp3) is 0.549. The summed E-state index contributed by atoms with van der Waals surface area (Å²) in [6.07, 6.45) is 66.4. The van der Waals surface area contributed by atoms with Crippen molar-refractivity contribution < 1.29 is 32.8 Å². The summed E-state index contributed by atoms with van der Waals surface area (Å²) in [5.74, 6) is -0.377. The fourth-order valence-corrected chi connectivity index (χ4v) is 6.12. The summed E-state index contributed by atoms with van der Waals surface area (Å²) in [5, 5.41) is 0. The van der Waals surface area contributed by atoms with Crippen molar-refractivity contribution in [2.45, 2.75) is 148 Å². The second-order valence-electron chi connectivity index (χ2n) is 14.1. The third kappa shape index (κ3) is 45.7. The first-order valence-electron chi connectivity index (χ1n) is 22.7. The zero-order chi connectivity index (χ0) is 43.7. The first kappa shape index (κ1) is 56.6. The van der Waals surface area contributed by atoms with E-state index in [0.717, 1.165) is 109 Å². The Hall–Kier alpha value is -3.36. The van der Waals surface area contributed by atoms with Crippen LogP contribution in [0, 0.1) is 0 Å². The highest BCUT2D eigenvalue weighted by molar-refractivity contribution is 7.47. The normalized spacial score (nSPS) is 14.7. The number of allylic oxidation sites excluding steroid dienone is 21. The zero-order valence-corrected chi connectivity index (χ0v) is 38.3. The molecule has 0 saturated heterocycles. The highest BCUT2D eigenvalue weighted by Gasteiger charge is 2.25. The van der Waals surface area contributed by atoms with Crippen molar-refractivity contribution in [2.24, 2.45) is 5.73 Å². The van der Waals surface area contributed by atoms with Crippen LogP contribution in [0.2, 0.25) is 0 Å². The lowest BCUT2D eigenvalue weighted by Gasteiger charge is -2.19. The van der Waals surface area contributed by atoms with Crippen LogP contribution in [0.15, 0.2) is 134 Å². The minimum atomic E-state index is -4.31. The van der Waals surface area contributed by atoms with E-state index in [0.29, 0.717) is 13.0 Å². The smallest absolute Gasteiger partial charge is 0.457 e. The number of nitrogens with two attached hydrogens (primary N) is 1. The third-order valence-electron chi connectivity index (χ3n) is 8.58. The summed E-state index contributed by atoms with van der Waals surface area (Å²) in [5.41, 5.74) is 5.37. The van der Waals surface area contributed by atoms with Crippen LogP contribution in [0.3, 0.4) is 0 Å². The molecule has 0 rings (SSSR count). The van der Waals surface area contributed by atoms with Crippen molar-refractivity contribution in [1.82, 2.24) is 0 Å². The average Bonchev–Trinajstić information content (AvgIpc) is 3.24. The van der Waals surface area contributed by atoms with Gasteiger partial charge in [0.1, 0.15) is 6.10 Å². The van der Waals surface area contributed by atoms with E-state index in [-0.39, 0.29) is 38.8 Å². The molecule has 0 fully saturated rings. The Bertz CT molecular complexity index is 1370. The quantitative estimate of drug-likeness (QED) is 0.0270. The molecule has 3 N–H and O–H groups in total. The van der Waals surface area contributed by atoms with Crippen LogP contribution in [0.25, 0.3) is 0 Å². The van der Waals surface area contributed by atoms with E-state index in [2.05, 4.69) is 141 Å². The molecule has 60 heavy (non-hydrogen) atoms. The molecule has 0 amide bonds. The maximum Gasteiger partial charge on any atom is 0.472 e. The molecule has 9 heteroatoms. The van der Waals surface area contributed by atoms with Crippen LogP contribution in [0.5, 0.6) is 0 Å². The zero-order valence-electron chi connectivity index (χ0n) is 37.4. The van der Waals surface area contributed by atoms with E-state index in [9.17, 15) is 14.3 Å². The Balaban J connectivity index is 4.17. The first-order valence-corrected chi connectivity index (χ1v) is 24.2. The number of carbonyl (C=O) groups excluding carboxylic acids is 1. The lowest BCUT2D eigenvalue weighted by molar-refractivity contribution is -0.154. The largest absolute Gasteiger partial charge is 0.472 e. The van der Waals surface area contributed by atoms with Crippen LogP contribution in [-0.2, 0) is 27.9 Å². The summed E-state index contributed by atoms with van der Waals surface area (Å²) < 4.78 is 33.3. The third-order valence-corrected chi connectivity index (χ3v) is 9.57. The van der Waals surface area contributed by atoms with E-state index in [1.54, 1.807) is 0 Å². The highest BCUT2D eigenvalue weighted by atomic mass is 31.2. The van der Waals surface area contributed by atoms with Crippen LogP contribution >= 0.6 is 7.82 Å². The van der Waals surface area contributed by atoms with Gasteiger partial charge >= 0.3 is 13.8 Å². The number of carbonyl (C=O) groups is 1. The molecule has 8 nitrogen and oxygen atoms in total. The molecule has 0 spiro atoms. The minimum Gasteiger partial charge on any atom is -0.457 e. The molecule has 0 aliphatic heterocycles. The van der Waals surface area contributed by atoms with Gasteiger partial charge in [0.25, 0.3) is 0 Å². The summed E-state index contributed by atoms with van der Waals surface area (Å²) in [6.45, 7) is 4.40. The number of unbranched alkanes of at least 4 members (excludes halogenated alkanes) is 6. The van der Waals surface area contributed by atoms with Gasteiger partial charge in [-0.25, -0.2) is 4.57 Å². The number of hydrogen-bond acceptors (Lipinski definition) is 7. The Morgan fingerprint density at radius 3 is 1.32 bits per heavy atom. The number of hydrogen-bond donors (Lipinski definition) is 2. The van der Waals surface area contributed by atoms with Gasteiger partial charge in [0.15, 0.2) is 0 Å². The van der Waals surface area contributed by atoms with Gasteiger partial charge in [0.2, 0.25) is 0 Å². The van der Waals surface area contributed by atoms with Gasteiger partial charge in [-0.2, -0.15) is 0 Å². The lowest BCUT2D eigenvalue weighted by Crippen LogP contribution is -2.28. The van der Waals surface area contributed by atoms with Crippen LogP contribution in [0.1, 0.15) is 142 Å². The van der Waals surface area contributed by atoms with Gasteiger partial charge in [-0.3, -0.25) is 13.8 Å². The Kier molecular flexibility index (Phi) is 44.1. The average molecular weight is 852 g/mol. The number of phosphoric ester groups is 1. The van der Waals surface area contributed by atoms with Crippen LogP contribution < -0.4 is 5.73 Å². The molecule has 0 heterocycles. The molecule has 0 aliphatic rings. The molecule has 0 saturated carbocycles. The second-order valence-corrected chi connectivity index (χ2v) is 15.6. The van der Waals surface area contributed by atoms with Crippen LogP contribution in [0.4, 0.5) is 0 Å². The van der Waals surface area contributed by atoms with E-state index in [4.69, 9.17) is 24.3 Å². The maximum absolute atomic E-state index is 12.6. The summed E-state index contributed by atoms with van der Waals surface area (Å²) in [7, 11) is -4.31. The van der Waals surface area contributed by atoms with Crippen molar-refractivity contribution in [2.75, 3.05) is 33.0 Å². The Morgan fingerprint density at radius 2 is 0.883 bits per heavy atom. The summed E-state index contributed by atoms with van der Waals surface area (Å²) in [4.78, 5) is 22.5. The predicted molar refractivity (Wildman–Crippen MR) is 256 cm³/mol. The van der Waals surface area contributed by atoms with E-state index >= 15 is 0 Å². The molecular weight excluding hydrogens is 770 g/mol. The minimum absolute atomic E-state index is 0.0457. The van der Waals surface area contributed by atoms with Crippen molar-refractivity contribution >= 4 is 13.8 Å². The molecule has 2 atom stereocenters. The maximum atomic E-state index is 12.6. The van der Waals surface area contributed by atoms with E-state index in [1.165, 1.54) is 6.42 Å². The van der Waals surface area contributed by atoms with Gasteiger partial charge < -0.3 is 20.1 Å². The van der Waals surface area contributed by atoms with Crippen molar-refractivity contribution in [1.29, 1.82) is 0 Å². The number of ether oxygens (including phenoxy) is 2. The van der Waals surface area contributed by atoms with Gasteiger partial charge in [0.05, 0.1) is 26.4 Å². The Morgan fingerprint density at radius 1 is 0.500 bits per heavy atom. The SMILES string of the molecule is CC/C=C\C/C=C\C/C=C\C/C=C\C/C=C\C/C=C\CCCCCCCCC(=O)OC(COCC/C=C\C/C=C\C/C=C\C/C=C\C/C=C\CC)COP(=O)(O)OCCN. The second kappa shape index (κ2) is 46.7. The number of phosphoric acid groups is 1. The predicted octanol–water partition coefficient (Wildman–Crippen LogP) is 14.0. The number of rotatable bonds is 41. The topological polar surface area (TPSA) is 117 Å². The molecule has 0 aromatic heterocycles. The van der Waals surface area contributed by atoms with Gasteiger partial charge in [0, 0.05) is 13.0 Å². The highest BCUT2D eigenvalue weighted by Crippen LogP contribution is 2.43. The molecular formula is C51H82NO7P. The van der Waals surface area contributed by atoms with Crippen molar-refractivity contribution in [3.8, 4) is 0 Å².